The van der Waals surface area contributed by atoms with E-state index in [1.54, 1.807) is 6.07 Å². The molecule has 88 valence electrons. The second-order valence-corrected chi connectivity index (χ2v) is 4.03. The van der Waals surface area contributed by atoms with Gasteiger partial charge in [0.2, 0.25) is 0 Å². The van der Waals surface area contributed by atoms with Crippen LogP contribution in [0.5, 0.6) is 0 Å². The molecule has 0 aliphatic carbocycles. The van der Waals surface area contributed by atoms with Crippen LogP contribution in [0, 0.1) is 0 Å². The summed E-state index contributed by atoms with van der Waals surface area (Å²) in [6, 6.07) is 11.8. The van der Waals surface area contributed by atoms with Crippen LogP contribution in [0.15, 0.2) is 53.3 Å². The zero-order valence-corrected chi connectivity index (χ0v) is 9.72. The topological polar surface area (TPSA) is 42.2 Å². The fourth-order valence-electron chi connectivity index (χ4n) is 1.64. The number of carbonyl (C=O) groups is 1. The molecule has 0 fully saturated rings. The van der Waals surface area contributed by atoms with E-state index in [0.717, 1.165) is 0 Å². The van der Waals surface area contributed by atoms with Crippen LogP contribution in [-0.4, -0.2) is 12.5 Å². The summed E-state index contributed by atoms with van der Waals surface area (Å²) < 4.78 is 4.87. The molecule has 2 rings (SSSR count). The molecule has 1 unspecified atom stereocenters. The van der Waals surface area contributed by atoms with Gasteiger partial charge in [-0.25, -0.2) is 0 Å². The van der Waals surface area contributed by atoms with Gasteiger partial charge < -0.3 is 9.73 Å². The first-order valence-electron chi connectivity index (χ1n) is 5.62. The van der Waals surface area contributed by atoms with Crippen LogP contribution in [0.1, 0.15) is 28.8 Å². The first kappa shape index (κ1) is 11.5. The quantitative estimate of drug-likeness (QED) is 0.876. The van der Waals surface area contributed by atoms with E-state index in [1.165, 1.54) is 18.1 Å². The Morgan fingerprint density at radius 1 is 1.29 bits per heavy atom. The van der Waals surface area contributed by atoms with Crippen molar-refractivity contribution >= 4 is 5.91 Å². The Balaban J connectivity index is 1.89. The third kappa shape index (κ3) is 2.97. The Kier molecular flexibility index (Phi) is 3.60. The molecule has 0 aliphatic heterocycles. The van der Waals surface area contributed by atoms with Crippen molar-refractivity contribution in [2.75, 3.05) is 6.54 Å². The molecule has 0 spiro atoms. The number of furan rings is 1. The van der Waals surface area contributed by atoms with Gasteiger partial charge >= 0.3 is 0 Å². The zero-order chi connectivity index (χ0) is 12.1. The molecule has 1 aromatic heterocycles. The van der Waals surface area contributed by atoms with Crippen molar-refractivity contribution in [3.63, 3.8) is 0 Å². The fourth-order valence-corrected chi connectivity index (χ4v) is 1.64. The largest absolute Gasteiger partial charge is 0.472 e. The van der Waals surface area contributed by atoms with Crippen molar-refractivity contribution in [3.05, 3.63) is 60.1 Å². The fraction of sp³-hybridized carbons (Fsp3) is 0.214. The molecule has 1 amide bonds. The molecule has 0 saturated heterocycles. The van der Waals surface area contributed by atoms with E-state index in [4.69, 9.17) is 4.42 Å². The number of hydrogen-bond acceptors (Lipinski definition) is 2. The Morgan fingerprint density at radius 3 is 2.71 bits per heavy atom. The van der Waals surface area contributed by atoms with E-state index < -0.39 is 0 Å². The van der Waals surface area contributed by atoms with E-state index in [0.29, 0.717) is 18.0 Å². The van der Waals surface area contributed by atoms with Gasteiger partial charge in [-0.2, -0.15) is 0 Å². The van der Waals surface area contributed by atoms with Gasteiger partial charge in [0.25, 0.3) is 5.91 Å². The first-order valence-corrected chi connectivity index (χ1v) is 5.62. The summed E-state index contributed by atoms with van der Waals surface area (Å²) in [6.45, 7) is 2.71. The van der Waals surface area contributed by atoms with Crippen LogP contribution >= 0.6 is 0 Å². The third-order valence-electron chi connectivity index (χ3n) is 2.72. The first-order chi connectivity index (χ1) is 8.27. The Labute approximate surface area is 100 Å². The van der Waals surface area contributed by atoms with Gasteiger partial charge in [-0.3, -0.25) is 4.79 Å². The summed E-state index contributed by atoms with van der Waals surface area (Å²) >= 11 is 0. The van der Waals surface area contributed by atoms with E-state index in [2.05, 4.69) is 24.4 Å². The minimum Gasteiger partial charge on any atom is -0.472 e. The SMILES string of the molecule is CC(CNC(=O)c1ccoc1)c1ccccc1. The summed E-state index contributed by atoms with van der Waals surface area (Å²) in [5.41, 5.74) is 1.78. The Morgan fingerprint density at radius 2 is 2.06 bits per heavy atom. The summed E-state index contributed by atoms with van der Waals surface area (Å²) in [5.74, 6) is 0.202. The number of amides is 1. The van der Waals surface area contributed by atoms with Gasteiger partial charge in [-0.05, 0) is 17.5 Å². The lowest BCUT2D eigenvalue weighted by molar-refractivity contribution is 0.0951. The molecule has 3 heteroatoms. The highest BCUT2D eigenvalue weighted by atomic mass is 16.3. The predicted molar refractivity (Wildman–Crippen MR) is 65.9 cm³/mol. The molecule has 0 radical (unpaired) electrons. The standard InChI is InChI=1S/C14H15NO2/c1-11(12-5-3-2-4-6-12)9-15-14(16)13-7-8-17-10-13/h2-8,10-11H,9H2,1H3,(H,15,16). The highest BCUT2D eigenvalue weighted by Crippen LogP contribution is 2.13. The second-order valence-electron chi connectivity index (χ2n) is 4.03. The van der Waals surface area contributed by atoms with Crippen molar-refractivity contribution in [1.29, 1.82) is 0 Å². The number of benzene rings is 1. The zero-order valence-electron chi connectivity index (χ0n) is 9.72. The van der Waals surface area contributed by atoms with Crippen LogP contribution in [0.3, 0.4) is 0 Å². The maximum absolute atomic E-state index is 11.7. The van der Waals surface area contributed by atoms with Crippen LogP contribution in [0.25, 0.3) is 0 Å². The smallest absolute Gasteiger partial charge is 0.254 e. The normalized spacial score (nSPS) is 12.1. The molecule has 0 bridgehead atoms. The van der Waals surface area contributed by atoms with Gasteiger partial charge in [0.15, 0.2) is 0 Å². The van der Waals surface area contributed by atoms with E-state index in [1.807, 2.05) is 18.2 Å². The number of rotatable bonds is 4. The van der Waals surface area contributed by atoms with Crippen molar-refractivity contribution in [1.82, 2.24) is 5.32 Å². The number of hydrogen-bond donors (Lipinski definition) is 1. The molecule has 17 heavy (non-hydrogen) atoms. The lowest BCUT2D eigenvalue weighted by atomic mass is 10.0. The van der Waals surface area contributed by atoms with Gasteiger partial charge in [0.1, 0.15) is 6.26 Å². The molecule has 0 aliphatic rings. The Hall–Kier alpha value is -2.03. The summed E-state index contributed by atoms with van der Waals surface area (Å²) in [5, 5.41) is 2.88. The average molecular weight is 229 g/mol. The molecular weight excluding hydrogens is 214 g/mol. The summed E-state index contributed by atoms with van der Waals surface area (Å²) in [4.78, 5) is 11.7. The summed E-state index contributed by atoms with van der Waals surface area (Å²) in [7, 11) is 0. The van der Waals surface area contributed by atoms with Gasteiger partial charge in [-0.15, -0.1) is 0 Å². The number of nitrogens with one attached hydrogen (secondary N) is 1. The highest BCUT2D eigenvalue weighted by molar-refractivity contribution is 5.93. The van der Waals surface area contributed by atoms with Crippen molar-refractivity contribution < 1.29 is 9.21 Å². The van der Waals surface area contributed by atoms with E-state index in [-0.39, 0.29) is 5.91 Å². The number of carbonyl (C=O) groups excluding carboxylic acids is 1. The van der Waals surface area contributed by atoms with Gasteiger partial charge in [0.05, 0.1) is 11.8 Å². The minimum absolute atomic E-state index is 0.0958. The monoisotopic (exact) mass is 229 g/mol. The van der Waals surface area contributed by atoms with E-state index in [9.17, 15) is 4.79 Å². The average Bonchev–Trinajstić information content (AvgIpc) is 2.90. The molecule has 1 aromatic carbocycles. The molecular formula is C14H15NO2. The van der Waals surface area contributed by atoms with Crippen LogP contribution in [0.4, 0.5) is 0 Å². The van der Waals surface area contributed by atoms with Crippen LogP contribution in [-0.2, 0) is 0 Å². The van der Waals surface area contributed by atoms with Gasteiger partial charge in [-0.1, -0.05) is 37.3 Å². The van der Waals surface area contributed by atoms with Gasteiger partial charge in [0, 0.05) is 6.54 Å². The molecule has 1 atom stereocenters. The van der Waals surface area contributed by atoms with E-state index >= 15 is 0 Å². The second kappa shape index (κ2) is 5.34. The maximum Gasteiger partial charge on any atom is 0.254 e. The maximum atomic E-state index is 11.7. The van der Waals surface area contributed by atoms with Crippen LogP contribution < -0.4 is 5.32 Å². The molecule has 2 aromatic rings. The molecule has 1 N–H and O–H groups in total. The Bertz CT molecular complexity index is 462. The lowest BCUT2D eigenvalue weighted by Crippen LogP contribution is -2.27. The third-order valence-corrected chi connectivity index (χ3v) is 2.72. The lowest BCUT2D eigenvalue weighted by Gasteiger charge is -2.12. The highest BCUT2D eigenvalue weighted by Gasteiger charge is 2.09. The molecule has 0 saturated carbocycles. The summed E-state index contributed by atoms with van der Waals surface area (Å²) in [6.07, 6.45) is 2.94. The predicted octanol–water partition coefficient (Wildman–Crippen LogP) is 2.81. The van der Waals surface area contributed by atoms with Crippen molar-refractivity contribution in [2.45, 2.75) is 12.8 Å². The van der Waals surface area contributed by atoms with Crippen molar-refractivity contribution in [2.24, 2.45) is 0 Å². The molecule has 1 heterocycles. The minimum atomic E-state index is -0.0958. The molecule has 3 nitrogen and oxygen atoms in total. The van der Waals surface area contributed by atoms with Crippen molar-refractivity contribution in [3.8, 4) is 0 Å². The van der Waals surface area contributed by atoms with Crippen LogP contribution in [0.2, 0.25) is 0 Å².